The summed E-state index contributed by atoms with van der Waals surface area (Å²) in [6.07, 6.45) is 4.92. The molecule has 21 heavy (non-hydrogen) atoms. The Morgan fingerprint density at radius 1 is 1.24 bits per heavy atom. The van der Waals surface area contributed by atoms with Crippen LogP contribution in [0.4, 0.5) is 4.39 Å². The molecular weight excluding hydrogens is 309 g/mol. The van der Waals surface area contributed by atoms with Gasteiger partial charge < -0.3 is 4.57 Å². The molecular formula is C15H15ClFN3S. The first-order valence-corrected chi connectivity index (χ1v) is 8.60. The lowest BCUT2D eigenvalue weighted by Gasteiger charge is -2.08. The minimum Gasteiger partial charge on any atom is -0.303 e. The van der Waals surface area contributed by atoms with E-state index in [1.807, 2.05) is 0 Å². The topological polar surface area (TPSA) is 30.7 Å². The van der Waals surface area contributed by atoms with E-state index in [0.29, 0.717) is 22.7 Å². The van der Waals surface area contributed by atoms with Gasteiger partial charge in [0.25, 0.3) is 0 Å². The van der Waals surface area contributed by atoms with Crippen molar-refractivity contribution >= 4 is 23.4 Å². The fourth-order valence-electron chi connectivity index (χ4n) is 2.46. The lowest BCUT2D eigenvalue weighted by molar-refractivity contribution is 0.626. The van der Waals surface area contributed by atoms with Gasteiger partial charge in [-0.25, -0.2) is 4.39 Å². The maximum Gasteiger partial charge on any atom is 0.191 e. The van der Waals surface area contributed by atoms with Gasteiger partial charge in [0.2, 0.25) is 0 Å². The van der Waals surface area contributed by atoms with Crippen molar-refractivity contribution in [2.75, 3.05) is 0 Å². The van der Waals surface area contributed by atoms with Crippen LogP contribution in [0.5, 0.6) is 0 Å². The Morgan fingerprint density at radius 2 is 2.05 bits per heavy atom. The van der Waals surface area contributed by atoms with Gasteiger partial charge in [-0.2, -0.15) is 0 Å². The number of hydrogen-bond acceptors (Lipinski definition) is 3. The molecule has 110 valence electrons. The number of nitrogens with zero attached hydrogens (tertiary/aromatic N) is 3. The van der Waals surface area contributed by atoms with Gasteiger partial charge in [-0.3, -0.25) is 0 Å². The van der Waals surface area contributed by atoms with Crippen molar-refractivity contribution in [1.82, 2.24) is 14.8 Å². The Kier molecular flexibility index (Phi) is 3.42. The van der Waals surface area contributed by atoms with Crippen LogP contribution in [0.25, 0.3) is 0 Å². The molecule has 3 nitrogen and oxygen atoms in total. The van der Waals surface area contributed by atoms with E-state index in [0.717, 1.165) is 16.5 Å². The first kappa shape index (κ1) is 13.6. The number of benzene rings is 1. The molecule has 6 heteroatoms. The number of halogens is 2. The van der Waals surface area contributed by atoms with Crippen molar-refractivity contribution in [3.05, 3.63) is 40.4 Å². The van der Waals surface area contributed by atoms with Crippen molar-refractivity contribution < 1.29 is 4.39 Å². The highest BCUT2D eigenvalue weighted by molar-refractivity contribution is 7.98. The monoisotopic (exact) mass is 323 g/mol. The Balaban J connectivity index is 1.54. The first-order valence-electron chi connectivity index (χ1n) is 7.24. The third-order valence-corrected chi connectivity index (χ3v) is 5.26. The maximum absolute atomic E-state index is 13.1. The van der Waals surface area contributed by atoms with Crippen LogP contribution >= 0.6 is 23.4 Å². The van der Waals surface area contributed by atoms with E-state index in [4.69, 9.17) is 11.6 Å². The third kappa shape index (κ3) is 2.81. The molecule has 2 aromatic rings. The predicted molar refractivity (Wildman–Crippen MR) is 81.2 cm³/mol. The second-order valence-electron chi connectivity index (χ2n) is 5.74. The van der Waals surface area contributed by atoms with Crippen LogP contribution in [0.2, 0.25) is 5.02 Å². The molecule has 0 N–H and O–H groups in total. The minimum absolute atomic E-state index is 0.300. The Morgan fingerprint density at radius 3 is 2.71 bits per heavy atom. The van der Waals surface area contributed by atoms with Gasteiger partial charge in [0.15, 0.2) is 5.16 Å². The van der Waals surface area contributed by atoms with Gasteiger partial charge in [0, 0.05) is 22.7 Å². The van der Waals surface area contributed by atoms with Gasteiger partial charge in [0.1, 0.15) is 11.6 Å². The SMILES string of the molecule is Fc1ccc(CSc2nnc(C3CC3)n2C2CC2)c(Cl)c1. The fourth-order valence-corrected chi connectivity index (χ4v) is 3.79. The molecule has 0 amide bonds. The highest BCUT2D eigenvalue weighted by atomic mass is 35.5. The maximum atomic E-state index is 13.1. The summed E-state index contributed by atoms with van der Waals surface area (Å²) in [7, 11) is 0. The van der Waals surface area contributed by atoms with E-state index in [2.05, 4.69) is 14.8 Å². The summed E-state index contributed by atoms with van der Waals surface area (Å²) < 4.78 is 15.4. The van der Waals surface area contributed by atoms with Gasteiger partial charge in [0.05, 0.1) is 0 Å². The van der Waals surface area contributed by atoms with E-state index in [9.17, 15) is 4.39 Å². The molecule has 0 bridgehead atoms. The molecule has 0 aliphatic heterocycles. The molecule has 1 heterocycles. The molecule has 0 spiro atoms. The quantitative estimate of drug-likeness (QED) is 0.755. The van der Waals surface area contributed by atoms with Crippen molar-refractivity contribution in [3.63, 3.8) is 0 Å². The Bertz CT molecular complexity index is 680. The minimum atomic E-state index is -0.300. The lowest BCUT2D eigenvalue weighted by atomic mass is 10.2. The van der Waals surface area contributed by atoms with Crippen LogP contribution in [-0.4, -0.2) is 14.8 Å². The van der Waals surface area contributed by atoms with Crippen LogP contribution in [0.1, 0.15) is 49.0 Å². The van der Waals surface area contributed by atoms with E-state index in [1.165, 1.54) is 37.8 Å². The van der Waals surface area contributed by atoms with Crippen LogP contribution in [0.15, 0.2) is 23.4 Å². The van der Waals surface area contributed by atoms with Crippen LogP contribution in [0, 0.1) is 5.82 Å². The molecule has 0 saturated heterocycles. The van der Waals surface area contributed by atoms with Gasteiger partial charge >= 0.3 is 0 Å². The average Bonchev–Trinajstić information content (AvgIpc) is 3.37. The summed E-state index contributed by atoms with van der Waals surface area (Å²) in [5.41, 5.74) is 0.932. The second-order valence-corrected chi connectivity index (χ2v) is 7.09. The zero-order valence-electron chi connectivity index (χ0n) is 11.4. The molecule has 0 radical (unpaired) electrons. The molecule has 1 aromatic heterocycles. The third-order valence-electron chi connectivity index (χ3n) is 3.92. The second kappa shape index (κ2) is 5.29. The lowest BCUT2D eigenvalue weighted by Crippen LogP contribution is -2.02. The van der Waals surface area contributed by atoms with E-state index < -0.39 is 0 Å². The normalized spacial score (nSPS) is 18.2. The van der Waals surface area contributed by atoms with E-state index >= 15 is 0 Å². The fraction of sp³-hybridized carbons (Fsp3) is 0.467. The van der Waals surface area contributed by atoms with Crippen LogP contribution < -0.4 is 0 Å². The number of rotatable bonds is 5. The summed E-state index contributed by atoms with van der Waals surface area (Å²) in [6, 6.07) is 5.13. The molecule has 4 rings (SSSR count). The van der Waals surface area contributed by atoms with E-state index in [1.54, 1.807) is 17.8 Å². The van der Waals surface area contributed by atoms with Crippen LogP contribution in [-0.2, 0) is 5.75 Å². The zero-order valence-corrected chi connectivity index (χ0v) is 13.0. The number of thioether (sulfide) groups is 1. The number of hydrogen-bond donors (Lipinski definition) is 0. The van der Waals surface area contributed by atoms with Crippen molar-refractivity contribution in [1.29, 1.82) is 0 Å². The molecule has 0 atom stereocenters. The molecule has 2 saturated carbocycles. The van der Waals surface area contributed by atoms with Gasteiger partial charge in [-0.05, 0) is 43.4 Å². The Hall–Kier alpha value is -1.07. The molecule has 0 unspecified atom stereocenters. The van der Waals surface area contributed by atoms with Gasteiger partial charge in [-0.1, -0.05) is 29.4 Å². The summed E-state index contributed by atoms with van der Waals surface area (Å²) in [4.78, 5) is 0. The summed E-state index contributed by atoms with van der Waals surface area (Å²) >= 11 is 7.72. The largest absolute Gasteiger partial charge is 0.303 e. The van der Waals surface area contributed by atoms with Crippen LogP contribution in [0.3, 0.4) is 0 Å². The zero-order chi connectivity index (χ0) is 14.4. The van der Waals surface area contributed by atoms with E-state index in [-0.39, 0.29) is 5.82 Å². The summed E-state index contributed by atoms with van der Waals surface area (Å²) in [5, 5.41) is 10.2. The molecule has 2 aliphatic rings. The Labute approximate surface area is 131 Å². The summed E-state index contributed by atoms with van der Waals surface area (Å²) in [6.45, 7) is 0. The standard InChI is InChI=1S/C15H15ClFN3S/c16-13-7-11(17)4-3-10(13)8-21-15-19-18-14(9-1-2-9)20(15)12-5-6-12/h3-4,7,9,12H,1-2,5-6,8H2. The smallest absolute Gasteiger partial charge is 0.191 e. The molecule has 1 aromatic carbocycles. The first-order chi connectivity index (χ1) is 10.2. The summed E-state index contributed by atoms with van der Waals surface area (Å²) in [5.74, 6) is 2.16. The van der Waals surface area contributed by atoms with Crippen molar-refractivity contribution in [2.45, 2.75) is 48.6 Å². The average molecular weight is 324 g/mol. The molecule has 2 aliphatic carbocycles. The van der Waals surface area contributed by atoms with Crippen molar-refractivity contribution in [3.8, 4) is 0 Å². The highest BCUT2D eigenvalue weighted by Gasteiger charge is 2.36. The highest BCUT2D eigenvalue weighted by Crippen LogP contribution is 2.46. The molecule has 2 fully saturated rings. The van der Waals surface area contributed by atoms with Crippen molar-refractivity contribution in [2.24, 2.45) is 0 Å². The predicted octanol–water partition coefficient (Wildman–Crippen LogP) is 4.58. The van der Waals surface area contributed by atoms with Gasteiger partial charge in [-0.15, -0.1) is 10.2 Å². The number of aromatic nitrogens is 3.